The molecule has 0 saturated carbocycles. The van der Waals surface area contributed by atoms with Gasteiger partial charge in [-0.25, -0.2) is 9.97 Å². The van der Waals surface area contributed by atoms with Crippen molar-refractivity contribution in [3.05, 3.63) is 88.4 Å². The van der Waals surface area contributed by atoms with Crippen molar-refractivity contribution in [3.63, 3.8) is 0 Å². The Morgan fingerprint density at radius 3 is 2.40 bits per heavy atom. The summed E-state index contributed by atoms with van der Waals surface area (Å²) in [6.07, 6.45) is 0. The molecule has 4 aromatic rings. The van der Waals surface area contributed by atoms with E-state index in [2.05, 4.69) is 4.90 Å². The fraction of sp³-hybridized carbons (Fsp3) is 0.222. The van der Waals surface area contributed by atoms with E-state index < -0.39 is 0 Å². The van der Waals surface area contributed by atoms with Crippen LogP contribution in [0.5, 0.6) is 0 Å². The SMILES string of the molecule is O=C(COCc1ccccc1)N1CCN(c2nc(-c3ccccc3Cl)nc3cc(Cl)ccc23)CC1. The van der Waals surface area contributed by atoms with Gasteiger partial charge in [-0.2, -0.15) is 0 Å². The van der Waals surface area contributed by atoms with Crippen molar-refractivity contribution in [2.45, 2.75) is 6.61 Å². The Morgan fingerprint density at radius 2 is 1.63 bits per heavy atom. The number of hydrogen-bond donors (Lipinski definition) is 0. The maximum Gasteiger partial charge on any atom is 0.248 e. The number of benzene rings is 3. The molecular formula is C27H24Cl2N4O2. The molecule has 0 N–H and O–H groups in total. The smallest absolute Gasteiger partial charge is 0.248 e. The first-order chi connectivity index (χ1) is 17.1. The molecule has 1 saturated heterocycles. The number of fused-ring (bicyclic) bond motifs is 1. The molecule has 0 radical (unpaired) electrons. The third-order valence-corrected chi connectivity index (χ3v) is 6.59. The van der Waals surface area contributed by atoms with E-state index >= 15 is 0 Å². The lowest BCUT2D eigenvalue weighted by molar-refractivity contribution is -0.136. The van der Waals surface area contributed by atoms with Crippen LogP contribution in [0.1, 0.15) is 5.56 Å². The number of amides is 1. The van der Waals surface area contributed by atoms with Gasteiger partial charge >= 0.3 is 0 Å². The number of halogens is 2. The first-order valence-corrected chi connectivity index (χ1v) is 12.2. The fourth-order valence-electron chi connectivity index (χ4n) is 4.18. The molecule has 2 heterocycles. The number of aromatic nitrogens is 2. The largest absolute Gasteiger partial charge is 0.367 e. The van der Waals surface area contributed by atoms with Gasteiger partial charge in [0.2, 0.25) is 5.91 Å². The summed E-state index contributed by atoms with van der Waals surface area (Å²) < 4.78 is 5.64. The predicted octanol–water partition coefficient (Wildman–Crippen LogP) is 5.47. The molecule has 8 heteroatoms. The van der Waals surface area contributed by atoms with Crippen LogP contribution in [0, 0.1) is 0 Å². The number of nitrogens with zero attached hydrogens (tertiary/aromatic N) is 4. The topological polar surface area (TPSA) is 58.6 Å². The van der Waals surface area contributed by atoms with Crippen LogP contribution < -0.4 is 4.90 Å². The van der Waals surface area contributed by atoms with Crippen molar-refractivity contribution < 1.29 is 9.53 Å². The average Bonchev–Trinajstić information content (AvgIpc) is 2.89. The monoisotopic (exact) mass is 506 g/mol. The summed E-state index contributed by atoms with van der Waals surface area (Å²) in [6.45, 7) is 2.98. The fourth-order valence-corrected chi connectivity index (χ4v) is 4.57. The number of anilines is 1. The summed E-state index contributed by atoms with van der Waals surface area (Å²) in [5.41, 5.74) is 2.57. The van der Waals surface area contributed by atoms with Crippen LogP contribution in [0.4, 0.5) is 5.82 Å². The molecule has 1 aliphatic heterocycles. The Hall–Kier alpha value is -3.19. The zero-order chi connectivity index (χ0) is 24.2. The molecule has 178 valence electrons. The Kier molecular flexibility index (Phi) is 7.13. The molecule has 0 spiro atoms. The van der Waals surface area contributed by atoms with Crippen LogP contribution in [0.2, 0.25) is 10.0 Å². The van der Waals surface area contributed by atoms with Gasteiger partial charge in [-0.15, -0.1) is 0 Å². The highest BCUT2D eigenvalue weighted by Crippen LogP contribution is 2.32. The zero-order valence-corrected chi connectivity index (χ0v) is 20.5. The summed E-state index contributed by atoms with van der Waals surface area (Å²) in [7, 11) is 0. The van der Waals surface area contributed by atoms with Crippen molar-refractivity contribution in [3.8, 4) is 11.4 Å². The lowest BCUT2D eigenvalue weighted by atomic mass is 10.1. The Morgan fingerprint density at radius 1 is 0.886 bits per heavy atom. The molecule has 0 unspecified atom stereocenters. The summed E-state index contributed by atoms with van der Waals surface area (Å²) >= 11 is 12.7. The second-order valence-electron chi connectivity index (χ2n) is 8.36. The minimum absolute atomic E-state index is 0.00309. The lowest BCUT2D eigenvalue weighted by Gasteiger charge is -2.36. The molecule has 35 heavy (non-hydrogen) atoms. The second kappa shape index (κ2) is 10.6. The molecule has 1 amide bonds. The maximum atomic E-state index is 12.7. The molecular weight excluding hydrogens is 483 g/mol. The Labute approximate surface area is 214 Å². The van der Waals surface area contributed by atoms with Crippen molar-refractivity contribution >= 4 is 45.8 Å². The van der Waals surface area contributed by atoms with E-state index in [0.717, 1.165) is 27.8 Å². The van der Waals surface area contributed by atoms with Crippen LogP contribution in [-0.2, 0) is 16.1 Å². The van der Waals surface area contributed by atoms with Gasteiger partial charge in [0.05, 0.1) is 17.1 Å². The molecule has 1 aromatic heterocycles. The molecule has 0 atom stereocenters. The summed E-state index contributed by atoms with van der Waals surface area (Å²) in [6, 6.07) is 23.0. The Balaban J connectivity index is 1.31. The second-order valence-corrected chi connectivity index (χ2v) is 9.20. The van der Waals surface area contributed by atoms with Gasteiger partial charge in [0.15, 0.2) is 5.82 Å². The highest BCUT2D eigenvalue weighted by atomic mass is 35.5. The number of carbonyl (C=O) groups excluding carboxylic acids is 1. The van der Waals surface area contributed by atoms with Gasteiger partial charge in [0.25, 0.3) is 0 Å². The molecule has 3 aromatic carbocycles. The lowest BCUT2D eigenvalue weighted by Crippen LogP contribution is -2.50. The first kappa shape index (κ1) is 23.5. The van der Waals surface area contributed by atoms with Crippen molar-refractivity contribution in [2.75, 3.05) is 37.7 Å². The summed E-state index contributed by atoms with van der Waals surface area (Å²) in [5.74, 6) is 1.36. The van der Waals surface area contributed by atoms with Crippen molar-refractivity contribution in [1.29, 1.82) is 0 Å². The van der Waals surface area contributed by atoms with Crippen LogP contribution in [0.3, 0.4) is 0 Å². The van der Waals surface area contributed by atoms with Crippen molar-refractivity contribution in [2.24, 2.45) is 0 Å². The molecule has 0 aliphatic carbocycles. The standard InChI is InChI=1S/C27H24Cl2N4O2/c28-20-10-11-22-24(16-20)30-26(21-8-4-5-9-23(21)29)31-27(22)33-14-12-32(13-15-33)25(34)18-35-17-19-6-2-1-3-7-19/h1-11,16H,12-15,17-18H2. The van der Waals surface area contributed by atoms with Gasteiger partial charge < -0.3 is 14.5 Å². The van der Waals surface area contributed by atoms with E-state index in [0.29, 0.717) is 48.7 Å². The quantitative estimate of drug-likeness (QED) is 0.347. The van der Waals surface area contributed by atoms with E-state index in [4.69, 9.17) is 37.9 Å². The minimum atomic E-state index is -0.00309. The Bertz CT molecular complexity index is 1340. The van der Waals surface area contributed by atoms with Crippen LogP contribution in [-0.4, -0.2) is 53.6 Å². The molecule has 0 bridgehead atoms. The highest BCUT2D eigenvalue weighted by molar-refractivity contribution is 6.33. The van der Waals surface area contributed by atoms with Gasteiger partial charge in [0, 0.05) is 42.2 Å². The molecule has 1 aliphatic rings. The predicted molar refractivity (Wildman–Crippen MR) is 140 cm³/mol. The third-order valence-electron chi connectivity index (χ3n) is 6.02. The van der Waals surface area contributed by atoms with Gasteiger partial charge in [0.1, 0.15) is 12.4 Å². The van der Waals surface area contributed by atoms with E-state index in [9.17, 15) is 4.79 Å². The number of rotatable bonds is 6. The van der Waals surface area contributed by atoms with Gasteiger partial charge in [-0.1, -0.05) is 65.7 Å². The summed E-state index contributed by atoms with van der Waals surface area (Å²) in [4.78, 5) is 26.4. The number of hydrogen-bond acceptors (Lipinski definition) is 5. The van der Waals surface area contributed by atoms with Crippen LogP contribution in [0.15, 0.2) is 72.8 Å². The number of carbonyl (C=O) groups is 1. The molecule has 6 nitrogen and oxygen atoms in total. The maximum absolute atomic E-state index is 12.7. The first-order valence-electron chi connectivity index (χ1n) is 11.4. The average molecular weight is 507 g/mol. The van der Waals surface area contributed by atoms with Crippen LogP contribution >= 0.6 is 23.2 Å². The number of ether oxygens (including phenoxy) is 1. The van der Waals surface area contributed by atoms with E-state index in [1.807, 2.05) is 77.7 Å². The van der Waals surface area contributed by atoms with E-state index in [-0.39, 0.29) is 12.5 Å². The normalized spacial score (nSPS) is 13.9. The van der Waals surface area contributed by atoms with E-state index in [1.54, 1.807) is 0 Å². The minimum Gasteiger partial charge on any atom is -0.367 e. The van der Waals surface area contributed by atoms with E-state index in [1.165, 1.54) is 0 Å². The summed E-state index contributed by atoms with van der Waals surface area (Å²) in [5, 5.41) is 2.11. The van der Waals surface area contributed by atoms with Gasteiger partial charge in [-0.05, 0) is 35.9 Å². The van der Waals surface area contributed by atoms with Gasteiger partial charge in [-0.3, -0.25) is 4.79 Å². The zero-order valence-electron chi connectivity index (χ0n) is 19.0. The van der Waals surface area contributed by atoms with Crippen molar-refractivity contribution in [1.82, 2.24) is 14.9 Å². The number of piperazine rings is 1. The molecule has 1 fully saturated rings. The van der Waals surface area contributed by atoms with Crippen LogP contribution in [0.25, 0.3) is 22.3 Å². The third kappa shape index (κ3) is 5.40. The molecule has 5 rings (SSSR count). The highest BCUT2D eigenvalue weighted by Gasteiger charge is 2.24.